The summed E-state index contributed by atoms with van der Waals surface area (Å²) < 4.78 is 29.0. The molecule has 0 fully saturated rings. The molecule has 6 heteroatoms. The van der Waals surface area contributed by atoms with E-state index >= 15 is 0 Å². The number of benzene rings is 2. The lowest BCUT2D eigenvalue weighted by Crippen LogP contribution is -2.44. The summed E-state index contributed by atoms with van der Waals surface area (Å²) in [7, 11) is 4.61. The van der Waals surface area contributed by atoms with Gasteiger partial charge in [0.2, 0.25) is 11.7 Å². The van der Waals surface area contributed by atoms with Crippen molar-refractivity contribution in [1.82, 2.24) is 5.32 Å². The van der Waals surface area contributed by atoms with Gasteiger partial charge in [-0.05, 0) is 61.7 Å². The summed E-state index contributed by atoms with van der Waals surface area (Å²) >= 11 is 0. The summed E-state index contributed by atoms with van der Waals surface area (Å²) in [5.41, 5.74) is 1.19. The van der Waals surface area contributed by atoms with Crippen molar-refractivity contribution in [2.24, 2.45) is 0 Å². The minimum atomic E-state index is -0.492. The normalized spacial score (nSPS) is 11.4. The Bertz CT molecular complexity index is 819. The minimum Gasteiger partial charge on any atom is -0.493 e. The molecule has 0 saturated heterocycles. The Balaban J connectivity index is 2.09. The largest absolute Gasteiger partial charge is 0.493 e. The smallest absolute Gasteiger partial charge is 0.244 e. The molecule has 1 amide bonds. The Labute approximate surface area is 165 Å². The molecule has 0 atom stereocenters. The summed E-state index contributed by atoms with van der Waals surface area (Å²) in [6.07, 6.45) is 3.71. The van der Waals surface area contributed by atoms with Crippen LogP contribution in [0.3, 0.4) is 0 Å². The molecule has 0 aromatic heterocycles. The van der Waals surface area contributed by atoms with Gasteiger partial charge in [-0.25, -0.2) is 4.39 Å². The first-order valence-electron chi connectivity index (χ1n) is 8.82. The predicted octanol–water partition coefficient (Wildman–Crippen LogP) is 4.00. The second-order valence-corrected chi connectivity index (χ2v) is 6.97. The van der Waals surface area contributed by atoms with E-state index in [0.29, 0.717) is 23.7 Å². The summed E-state index contributed by atoms with van der Waals surface area (Å²) in [6, 6.07) is 9.78. The van der Waals surface area contributed by atoms with Gasteiger partial charge < -0.3 is 19.5 Å². The molecule has 0 aliphatic heterocycles. The van der Waals surface area contributed by atoms with E-state index in [1.165, 1.54) is 39.5 Å². The molecule has 0 aliphatic rings. The fourth-order valence-corrected chi connectivity index (χ4v) is 2.90. The number of carbonyl (C=O) groups excluding carboxylic acids is 1. The zero-order valence-electron chi connectivity index (χ0n) is 16.8. The maximum absolute atomic E-state index is 13.0. The molecule has 28 heavy (non-hydrogen) atoms. The molecule has 0 unspecified atom stereocenters. The molecule has 0 heterocycles. The first-order valence-corrected chi connectivity index (χ1v) is 8.82. The van der Waals surface area contributed by atoms with Gasteiger partial charge in [0.15, 0.2) is 11.5 Å². The quantitative estimate of drug-likeness (QED) is 0.696. The Morgan fingerprint density at radius 3 is 2.11 bits per heavy atom. The van der Waals surface area contributed by atoms with Crippen LogP contribution in [0.25, 0.3) is 6.08 Å². The number of halogens is 1. The zero-order valence-corrected chi connectivity index (χ0v) is 16.8. The summed E-state index contributed by atoms with van der Waals surface area (Å²) in [4.78, 5) is 12.4. The van der Waals surface area contributed by atoms with E-state index in [1.807, 2.05) is 13.8 Å². The third-order valence-corrected chi connectivity index (χ3v) is 4.14. The maximum atomic E-state index is 13.0. The standard InChI is InChI=1S/C22H26FNO4/c1-22(2,14-15-6-9-17(23)10-7-15)24-20(25)11-8-16-12-18(26-3)21(28-5)19(13-16)27-4/h6-13H,14H2,1-5H3,(H,24,25)/b11-8-. The molecule has 0 radical (unpaired) electrons. The second kappa shape index (κ2) is 9.26. The summed E-state index contributed by atoms with van der Waals surface area (Å²) in [5, 5.41) is 2.96. The van der Waals surface area contributed by atoms with Crippen molar-refractivity contribution in [3.05, 3.63) is 59.4 Å². The number of ether oxygens (including phenoxy) is 3. The lowest BCUT2D eigenvalue weighted by atomic mass is 9.95. The fourth-order valence-electron chi connectivity index (χ4n) is 2.90. The number of hydrogen-bond acceptors (Lipinski definition) is 4. The number of methoxy groups -OCH3 is 3. The van der Waals surface area contributed by atoms with Crippen LogP contribution in [0.4, 0.5) is 4.39 Å². The maximum Gasteiger partial charge on any atom is 0.244 e. The van der Waals surface area contributed by atoms with Crippen LogP contribution in [0.2, 0.25) is 0 Å². The van der Waals surface area contributed by atoms with E-state index < -0.39 is 5.54 Å². The highest BCUT2D eigenvalue weighted by atomic mass is 19.1. The van der Waals surface area contributed by atoms with E-state index in [2.05, 4.69) is 5.32 Å². The van der Waals surface area contributed by atoms with Crippen molar-refractivity contribution >= 4 is 12.0 Å². The highest BCUT2D eigenvalue weighted by Gasteiger charge is 2.20. The third-order valence-electron chi connectivity index (χ3n) is 4.14. The number of rotatable bonds is 8. The summed E-state index contributed by atoms with van der Waals surface area (Å²) in [5.74, 6) is 1.00. The molecular weight excluding hydrogens is 361 g/mol. The molecule has 2 aromatic carbocycles. The van der Waals surface area contributed by atoms with Crippen molar-refractivity contribution in [1.29, 1.82) is 0 Å². The van der Waals surface area contributed by atoms with Gasteiger partial charge in [-0.3, -0.25) is 4.79 Å². The summed E-state index contributed by atoms with van der Waals surface area (Å²) in [6.45, 7) is 3.84. The molecule has 0 aliphatic carbocycles. The Hall–Kier alpha value is -3.02. The lowest BCUT2D eigenvalue weighted by molar-refractivity contribution is -0.117. The minimum absolute atomic E-state index is 0.235. The predicted molar refractivity (Wildman–Crippen MR) is 107 cm³/mol. The molecule has 5 nitrogen and oxygen atoms in total. The van der Waals surface area contributed by atoms with Gasteiger partial charge in [0.25, 0.3) is 0 Å². The van der Waals surface area contributed by atoms with Crippen LogP contribution in [0.1, 0.15) is 25.0 Å². The van der Waals surface area contributed by atoms with E-state index in [0.717, 1.165) is 11.1 Å². The van der Waals surface area contributed by atoms with Gasteiger partial charge in [0.1, 0.15) is 5.82 Å². The van der Waals surface area contributed by atoms with Crippen LogP contribution in [0, 0.1) is 5.82 Å². The van der Waals surface area contributed by atoms with Gasteiger partial charge in [-0.1, -0.05) is 12.1 Å². The lowest BCUT2D eigenvalue weighted by Gasteiger charge is -2.25. The van der Waals surface area contributed by atoms with Crippen molar-refractivity contribution < 1.29 is 23.4 Å². The van der Waals surface area contributed by atoms with Crippen molar-refractivity contribution in [3.63, 3.8) is 0 Å². The molecule has 1 N–H and O–H groups in total. The fraction of sp³-hybridized carbons (Fsp3) is 0.318. The van der Waals surface area contributed by atoms with Gasteiger partial charge in [0.05, 0.1) is 21.3 Å². The monoisotopic (exact) mass is 387 g/mol. The van der Waals surface area contributed by atoms with Gasteiger partial charge in [0, 0.05) is 11.6 Å². The zero-order chi connectivity index (χ0) is 20.7. The molecule has 0 saturated carbocycles. The average molecular weight is 387 g/mol. The van der Waals surface area contributed by atoms with Crippen LogP contribution in [-0.4, -0.2) is 32.8 Å². The van der Waals surface area contributed by atoms with Crippen LogP contribution in [0.5, 0.6) is 17.2 Å². The molecule has 0 bridgehead atoms. The van der Waals surface area contributed by atoms with Crippen LogP contribution in [0.15, 0.2) is 42.5 Å². The average Bonchev–Trinajstić information content (AvgIpc) is 2.66. The Morgan fingerprint density at radius 1 is 1.04 bits per heavy atom. The highest BCUT2D eigenvalue weighted by molar-refractivity contribution is 5.92. The third kappa shape index (κ3) is 5.74. The van der Waals surface area contributed by atoms with Crippen LogP contribution >= 0.6 is 0 Å². The molecule has 150 valence electrons. The van der Waals surface area contributed by atoms with Gasteiger partial charge >= 0.3 is 0 Å². The van der Waals surface area contributed by atoms with Crippen LogP contribution < -0.4 is 19.5 Å². The number of amides is 1. The van der Waals surface area contributed by atoms with Crippen molar-refractivity contribution in [2.45, 2.75) is 25.8 Å². The number of carbonyl (C=O) groups is 1. The SMILES string of the molecule is COc1cc(/C=C\C(=O)NC(C)(C)Cc2ccc(F)cc2)cc(OC)c1OC. The van der Waals surface area contributed by atoms with E-state index in [-0.39, 0.29) is 11.7 Å². The molecule has 0 spiro atoms. The van der Waals surface area contributed by atoms with Crippen molar-refractivity contribution in [3.8, 4) is 17.2 Å². The van der Waals surface area contributed by atoms with Gasteiger partial charge in [-0.15, -0.1) is 0 Å². The highest BCUT2D eigenvalue weighted by Crippen LogP contribution is 2.38. The first kappa shape index (κ1) is 21.3. The number of nitrogens with one attached hydrogen (secondary N) is 1. The Morgan fingerprint density at radius 2 is 1.61 bits per heavy atom. The molecule has 2 aromatic rings. The Kier molecular flexibility index (Phi) is 7.04. The van der Waals surface area contributed by atoms with Crippen LogP contribution in [-0.2, 0) is 11.2 Å². The molecule has 2 rings (SSSR count). The second-order valence-electron chi connectivity index (χ2n) is 6.97. The molecular formula is C22H26FNO4. The topological polar surface area (TPSA) is 56.8 Å². The van der Waals surface area contributed by atoms with Gasteiger partial charge in [-0.2, -0.15) is 0 Å². The number of hydrogen-bond donors (Lipinski definition) is 1. The van der Waals surface area contributed by atoms with E-state index in [1.54, 1.807) is 30.3 Å². The van der Waals surface area contributed by atoms with E-state index in [4.69, 9.17) is 14.2 Å². The van der Waals surface area contributed by atoms with E-state index in [9.17, 15) is 9.18 Å². The first-order chi connectivity index (χ1) is 13.3. The van der Waals surface area contributed by atoms with Crippen molar-refractivity contribution in [2.75, 3.05) is 21.3 Å².